The fourth-order valence-electron chi connectivity index (χ4n) is 4.28. The zero-order valence-corrected chi connectivity index (χ0v) is 23.3. The van der Waals surface area contributed by atoms with Crippen molar-refractivity contribution in [2.75, 3.05) is 0 Å². The Labute approximate surface area is 241 Å². The second-order valence-electron chi connectivity index (χ2n) is 8.68. The van der Waals surface area contributed by atoms with Crippen molar-refractivity contribution in [3.63, 3.8) is 0 Å². The van der Waals surface area contributed by atoms with E-state index in [1.807, 2.05) is 60.7 Å². The Bertz CT molecular complexity index is 1800. The molecule has 8 heteroatoms. The second kappa shape index (κ2) is 11.0. The van der Waals surface area contributed by atoms with Gasteiger partial charge < -0.3 is 8.83 Å². The summed E-state index contributed by atoms with van der Waals surface area (Å²) in [5, 5.41) is 2.80. The molecule has 0 aliphatic carbocycles. The van der Waals surface area contributed by atoms with Gasteiger partial charge in [-0.25, -0.2) is 9.59 Å². The molecule has 0 saturated heterocycles. The number of benzene rings is 4. The summed E-state index contributed by atoms with van der Waals surface area (Å²) < 4.78 is 11.4. The van der Waals surface area contributed by atoms with Crippen molar-refractivity contribution >= 4 is 68.7 Å². The van der Waals surface area contributed by atoms with Crippen molar-refractivity contribution < 1.29 is 8.83 Å². The zero-order chi connectivity index (χ0) is 26.9. The summed E-state index contributed by atoms with van der Waals surface area (Å²) in [7, 11) is 0. The molecule has 4 nitrogen and oxygen atoms in total. The minimum absolute atomic E-state index is 0.0339. The van der Waals surface area contributed by atoms with Crippen LogP contribution in [0.4, 0.5) is 0 Å². The third kappa shape index (κ3) is 5.38. The van der Waals surface area contributed by atoms with E-state index in [0.29, 0.717) is 32.3 Å². The average Bonchev–Trinajstić information content (AvgIpc) is 2.94. The molecule has 0 saturated carbocycles. The Morgan fingerprint density at radius 1 is 0.538 bits per heavy atom. The van der Waals surface area contributed by atoms with Crippen molar-refractivity contribution in [1.29, 1.82) is 0 Å². The molecule has 0 N–H and O–H groups in total. The minimum atomic E-state index is -0.500. The highest BCUT2D eigenvalue weighted by Crippen LogP contribution is 2.39. The van der Waals surface area contributed by atoms with E-state index in [-0.39, 0.29) is 6.42 Å². The van der Waals surface area contributed by atoms with Gasteiger partial charge in [0.2, 0.25) is 0 Å². The molecule has 4 aromatic carbocycles. The lowest BCUT2D eigenvalue weighted by molar-refractivity contribution is 0.536. The van der Waals surface area contributed by atoms with Gasteiger partial charge in [0.25, 0.3) is 0 Å². The van der Waals surface area contributed by atoms with Gasteiger partial charge in [0.15, 0.2) is 0 Å². The van der Waals surface area contributed by atoms with E-state index in [1.165, 1.54) is 23.5 Å². The third-order valence-electron chi connectivity index (χ3n) is 6.13. The van der Waals surface area contributed by atoms with Gasteiger partial charge in [-0.05, 0) is 60.7 Å². The van der Waals surface area contributed by atoms with Gasteiger partial charge in [-0.1, -0.05) is 83.1 Å². The maximum Gasteiger partial charge on any atom is 0.340 e. The zero-order valence-electron chi connectivity index (χ0n) is 20.2. The Morgan fingerprint density at radius 3 is 1.33 bits per heavy atom. The first-order valence-corrected chi connectivity index (χ1v) is 14.3. The second-order valence-corrected chi connectivity index (χ2v) is 11.7. The first kappa shape index (κ1) is 25.8. The number of halogens is 2. The van der Waals surface area contributed by atoms with E-state index >= 15 is 0 Å². The predicted molar refractivity (Wildman–Crippen MR) is 159 cm³/mol. The van der Waals surface area contributed by atoms with E-state index in [1.54, 1.807) is 36.4 Å². The quantitative estimate of drug-likeness (QED) is 0.181. The maximum atomic E-state index is 13.4. The molecular weight excluding hydrogens is 571 g/mol. The molecule has 0 unspecified atom stereocenters. The van der Waals surface area contributed by atoms with Crippen LogP contribution in [0.2, 0.25) is 10.0 Å². The van der Waals surface area contributed by atoms with Gasteiger partial charge in [-0.3, -0.25) is 0 Å². The van der Waals surface area contributed by atoms with Crippen molar-refractivity contribution in [2.24, 2.45) is 0 Å². The SMILES string of the molecule is O=c1oc2ccccc2c(Sc2ccc(Cl)cc2)c1Cc1c(Sc2ccc(Cl)cc2)c2ccccc2oc1=O. The summed E-state index contributed by atoms with van der Waals surface area (Å²) in [6.45, 7) is 0. The van der Waals surface area contributed by atoms with E-state index in [9.17, 15) is 9.59 Å². The van der Waals surface area contributed by atoms with Crippen LogP contribution in [0.5, 0.6) is 0 Å². The third-order valence-corrected chi connectivity index (χ3v) is 8.99. The van der Waals surface area contributed by atoms with E-state index in [4.69, 9.17) is 32.0 Å². The largest absolute Gasteiger partial charge is 0.422 e. The Hall–Kier alpha value is -3.42. The lowest BCUT2D eigenvalue weighted by Gasteiger charge is -2.14. The molecule has 0 bridgehead atoms. The highest BCUT2D eigenvalue weighted by molar-refractivity contribution is 8.00. The summed E-state index contributed by atoms with van der Waals surface area (Å²) in [6.07, 6.45) is 0.0339. The number of fused-ring (bicyclic) bond motifs is 2. The molecular formula is C31H18Cl2O4S2. The van der Waals surface area contributed by atoms with E-state index < -0.39 is 11.3 Å². The van der Waals surface area contributed by atoms with E-state index in [0.717, 1.165) is 30.4 Å². The van der Waals surface area contributed by atoms with E-state index in [2.05, 4.69) is 0 Å². The predicted octanol–water partition coefficient (Wildman–Crippen LogP) is 9.10. The Kier molecular flexibility index (Phi) is 7.28. The molecule has 0 amide bonds. The molecule has 0 atom stereocenters. The van der Waals surface area contributed by atoms with Gasteiger partial charge in [-0.15, -0.1) is 0 Å². The molecule has 0 radical (unpaired) electrons. The number of hydrogen-bond acceptors (Lipinski definition) is 6. The van der Waals surface area contributed by atoms with Crippen LogP contribution in [0.3, 0.4) is 0 Å². The summed E-state index contributed by atoms with van der Waals surface area (Å²) >= 11 is 15.1. The van der Waals surface area contributed by atoms with Gasteiger partial charge in [0, 0.05) is 46.8 Å². The Morgan fingerprint density at radius 2 is 0.923 bits per heavy atom. The fourth-order valence-corrected chi connectivity index (χ4v) is 6.66. The summed E-state index contributed by atoms with van der Waals surface area (Å²) in [5.74, 6) is 0. The van der Waals surface area contributed by atoms with Crippen LogP contribution in [0.15, 0.2) is 135 Å². The minimum Gasteiger partial charge on any atom is -0.422 e. The van der Waals surface area contributed by atoms with Crippen LogP contribution >= 0.6 is 46.7 Å². The van der Waals surface area contributed by atoms with Crippen LogP contribution in [0.1, 0.15) is 11.1 Å². The van der Waals surface area contributed by atoms with Crippen LogP contribution < -0.4 is 11.3 Å². The van der Waals surface area contributed by atoms with Gasteiger partial charge in [0.1, 0.15) is 11.2 Å². The van der Waals surface area contributed by atoms with Crippen molar-refractivity contribution in [3.8, 4) is 0 Å². The summed E-state index contributed by atoms with van der Waals surface area (Å²) in [5.41, 5.74) is 0.719. The molecule has 0 fully saturated rings. The fraction of sp³-hybridized carbons (Fsp3) is 0.0323. The standard InChI is InChI=1S/C31H18Cl2O4S2/c32-18-9-13-20(14-10-18)38-28-22-5-1-3-7-26(22)36-30(34)24(28)17-25-29(39-21-15-11-19(33)12-16-21)23-6-2-4-8-27(23)37-31(25)35/h1-16H,17H2. The van der Waals surface area contributed by atoms with Crippen LogP contribution in [0, 0.1) is 0 Å². The maximum absolute atomic E-state index is 13.4. The number of hydrogen-bond donors (Lipinski definition) is 0. The molecule has 6 rings (SSSR count). The van der Waals surface area contributed by atoms with Crippen molar-refractivity contribution in [1.82, 2.24) is 0 Å². The first-order chi connectivity index (χ1) is 19.0. The smallest absolute Gasteiger partial charge is 0.340 e. The molecule has 6 aromatic rings. The normalized spacial score (nSPS) is 11.3. The van der Waals surface area contributed by atoms with Gasteiger partial charge >= 0.3 is 11.3 Å². The summed E-state index contributed by atoms with van der Waals surface area (Å²) in [6, 6.07) is 29.6. The Balaban J connectivity index is 1.55. The topological polar surface area (TPSA) is 60.4 Å². The highest BCUT2D eigenvalue weighted by atomic mass is 35.5. The summed E-state index contributed by atoms with van der Waals surface area (Å²) in [4.78, 5) is 30.1. The average molecular weight is 590 g/mol. The van der Waals surface area contributed by atoms with Gasteiger partial charge in [0.05, 0.1) is 11.1 Å². The molecule has 39 heavy (non-hydrogen) atoms. The first-order valence-electron chi connectivity index (χ1n) is 11.9. The lowest BCUT2D eigenvalue weighted by atomic mass is 10.0. The monoisotopic (exact) mass is 588 g/mol. The molecule has 2 aromatic heterocycles. The molecule has 0 aliphatic heterocycles. The van der Waals surface area contributed by atoms with Gasteiger partial charge in [-0.2, -0.15) is 0 Å². The molecule has 2 heterocycles. The van der Waals surface area contributed by atoms with Crippen LogP contribution in [0.25, 0.3) is 21.9 Å². The highest BCUT2D eigenvalue weighted by Gasteiger charge is 2.22. The molecule has 192 valence electrons. The van der Waals surface area contributed by atoms with Crippen LogP contribution in [-0.2, 0) is 6.42 Å². The molecule has 0 aliphatic rings. The van der Waals surface area contributed by atoms with Crippen molar-refractivity contribution in [3.05, 3.63) is 139 Å². The van der Waals surface area contributed by atoms with Crippen molar-refractivity contribution in [2.45, 2.75) is 26.0 Å². The molecule has 0 spiro atoms. The number of para-hydroxylation sites is 2. The van der Waals surface area contributed by atoms with Crippen LogP contribution in [-0.4, -0.2) is 0 Å². The lowest BCUT2D eigenvalue weighted by Crippen LogP contribution is -2.16. The number of rotatable bonds is 6.